The van der Waals surface area contributed by atoms with E-state index in [4.69, 9.17) is 4.74 Å². The maximum absolute atomic E-state index is 12.0. The quantitative estimate of drug-likeness (QED) is 0.722. The lowest BCUT2D eigenvalue weighted by atomic mass is 10.0. The highest BCUT2D eigenvalue weighted by Crippen LogP contribution is 2.17. The summed E-state index contributed by atoms with van der Waals surface area (Å²) in [6.45, 7) is 9.88. The van der Waals surface area contributed by atoms with E-state index in [1.54, 1.807) is 18.7 Å². The molecule has 1 aliphatic rings. The van der Waals surface area contributed by atoms with Crippen LogP contribution in [0.3, 0.4) is 0 Å². The molecule has 1 N–H and O–H groups in total. The first kappa shape index (κ1) is 21.3. The van der Waals surface area contributed by atoms with E-state index in [0.29, 0.717) is 32.8 Å². The summed E-state index contributed by atoms with van der Waals surface area (Å²) in [7, 11) is 0. The smallest absolute Gasteiger partial charge is 0.409 e. The third-order valence-electron chi connectivity index (χ3n) is 4.84. The molecule has 0 radical (unpaired) electrons. The Morgan fingerprint density at radius 1 is 1.16 bits per heavy atom. The predicted molar refractivity (Wildman–Crippen MR) is 96.1 cm³/mol. The van der Waals surface area contributed by atoms with Gasteiger partial charge in [0.25, 0.3) is 0 Å². The summed E-state index contributed by atoms with van der Waals surface area (Å²) >= 11 is 0. The van der Waals surface area contributed by atoms with E-state index in [0.717, 1.165) is 25.7 Å². The molecule has 3 amide bonds. The minimum absolute atomic E-state index is 0.00590. The second kappa shape index (κ2) is 10.9. The Bertz CT molecular complexity index is 444. The monoisotopic (exact) mass is 355 g/mol. The number of carbonyl (C=O) groups excluding carboxylic acids is 3. The van der Waals surface area contributed by atoms with Gasteiger partial charge in [-0.25, -0.2) is 4.79 Å². The van der Waals surface area contributed by atoms with E-state index in [-0.39, 0.29) is 29.9 Å². The van der Waals surface area contributed by atoms with Gasteiger partial charge in [-0.1, -0.05) is 13.8 Å². The van der Waals surface area contributed by atoms with Crippen molar-refractivity contribution in [3.63, 3.8) is 0 Å². The average molecular weight is 355 g/mol. The van der Waals surface area contributed by atoms with Crippen molar-refractivity contribution in [2.24, 2.45) is 5.92 Å². The number of rotatable bonds is 8. The molecule has 1 saturated heterocycles. The van der Waals surface area contributed by atoms with Crippen LogP contribution in [0.4, 0.5) is 4.79 Å². The Morgan fingerprint density at radius 3 is 2.24 bits per heavy atom. The molecule has 0 atom stereocenters. The summed E-state index contributed by atoms with van der Waals surface area (Å²) in [5.74, 6) is 0.107. The van der Waals surface area contributed by atoms with Crippen molar-refractivity contribution < 1.29 is 19.1 Å². The van der Waals surface area contributed by atoms with Crippen LogP contribution in [-0.2, 0) is 14.3 Å². The minimum Gasteiger partial charge on any atom is -0.450 e. The number of nitrogens with one attached hydrogen (secondary N) is 1. The molecule has 25 heavy (non-hydrogen) atoms. The van der Waals surface area contributed by atoms with Crippen molar-refractivity contribution in [3.8, 4) is 0 Å². The highest BCUT2D eigenvalue weighted by atomic mass is 16.6. The van der Waals surface area contributed by atoms with Gasteiger partial charge in [-0.15, -0.1) is 0 Å². The van der Waals surface area contributed by atoms with Gasteiger partial charge in [-0.3, -0.25) is 9.59 Å². The number of amides is 3. The zero-order valence-electron chi connectivity index (χ0n) is 16.0. The molecule has 144 valence electrons. The van der Waals surface area contributed by atoms with Crippen molar-refractivity contribution in [3.05, 3.63) is 0 Å². The lowest BCUT2D eigenvalue weighted by Crippen LogP contribution is -2.50. The highest BCUT2D eigenvalue weighted by Gasteiger charge is 2.28. The Morgan fingerprint density at radius 2 is 1.76 bits per heavy atom. The fourth-order valence-corrected chi connectivity index (χ4v) is 3.28. The largest absolute Gasteiger partial charge is 0.450 e. The number of hydrogen-bond acceptors (Lipinski definition) is 4. The number of ether oxygens (including phenoxy) is 1. The molecule has 0 unspecified atom stereocenters. The van der Waals surface area contributed by atoms with Crippen LogP contribution in [-0.4, -0.2) is 66.5 Å². The molecular formula is C18H33N3O4. The van der Waals surface area contributed by atoms with E-state index in [2.05, 4.69) is 5.32 Å². The normalized spacial score (nSPS) is 15.2. The standard InChI is InChI=1S/C18H33N3O4/c1-5-15(6-2)17(23)19-10-13-21(14(4)22)16-8-11-20(12-9-16)18(24)25-7-3/h15-16H,5-13H2,1-4H3,(H,19,23). The van der Waals surface area contributed by atoms with Gasteiger partial charge in [0.2, 0.25) is 11.8 Å². The first-order valence-electron chi connectivity index (χ1n) is 9.41. The van der Waals surface area contributed by atoms with Crippen LogP contribution in [0.5, 0.6) is 0 Å². The molecule has 0 bridgehead atoms. The van der Waals surface area contributed by atoms with Crippen LogP contribution in [0.15, 0.2) is 0 Å². The molecule has 0 saturated carbocycles. The third kappa shape index (κ3) is 6.55. The number of carbonyl (C=O) groups is 3. The van der Waals surface area contributed by atoms with Crippen molar-refractivity contribution in [1.82, 2.24) is 15.1 Å². The third-order valence-corrected chi connectivity index (χ3v) is 4.84. The van der Waals surface area contributed by atoms with Gasteiger partial charge < -0.3 is 19.9 Å². The van der Waals surface area contributed by atoms with Gasteiger partial charge in [0.1, 0.15) is 0 Å². The molecule has 7 nitrogen and oxygen atoms in total. The Labute approximate surface area is 151 Å². The number of likely N-dealkylation sites (tertiary alicyclic amines) is 1. The van der Waals surface area contributed by atoms with Gasteiger partial charge in [0.05, 0.1) is 6.61 Å². The molecule has 1 heterocycles. The zero-order chi connectivity index (χ0) is 18.8. The maximum atomic E-state index is 12.0. The molecular weight excluding hydrogens is 322 g/mol. The fraction of sp³-hybridized carbons (Fsp3) is 0.833. The topological polar surface area (TPSA) is 79.0 Å². The molecule has 1 aliphatic heterocycles. The van der Waals surface area contributed by atoms with Crippen molar-refractivity contribution in [2.75, 3.05) is 32.8 Å². The summed E-state index contributed by atoms with van der Waals surface area (Å²) in [4.78, 5) is 39.3. The van der Waals surface area contributed by atoms with Crippen LogP contribution in [0, 0.1) is 5.92 Å². The van der Waals surface area contributed by atoms with Crippen molar-refractivity contribution in [2.45, 2.75) is 59.4 Å². The lowest BCUT2D eigenvalue weighted by molar-refractivity contribution is -0.133. The number of piperidine rings is 1. The van der Waals surface area contributed by atoms with Crippen LogP contribution in [0.1, 0.15) is 53.4 Å². The summed E-state index contributed by atoms with van der Waals surface area (Å²) < 4.78 is 5.02. The van der Waals surface area contributed by atoms with Crippen LogP contribution >= 0.6 is 0 Å². The van der Waals surface area contributed by atoms with Gasteiger partial charge in [-0.05, 0) is 32.6 Å². The van der Waals surface area contributed by atoms with Gasteiger partial charge in [-0.2, -0.15) is 0 Å². The minimum atomic E-state index is -0.284. The molecule has 0 spiro atoms. The summed E-state index contributed by atoms with van der Waals surface area (Å²) in [5.41, 5.74) is 0. The number of hydrogen-bond donors (Lipinski definition) is 1. The summed E-state index contributed by atoms with van der Waals surface area (Å²) in [6.07, 6.45) is 2.83. The first-order chi connectivity index (χ1) is 11.9. The molecule has 0 aromatic carbocycles. The summed E-state index contributed by atoms with van der Waals surface area (Å²) in [6, 6.07) is 0.105. The van der Waals surface area contributed by atoms with E-state index >= 15 is 0 Å². The van der Waals surface area contributed by atoms with Gasteiger partial charge in [0.15, 0.2) is 0 Å². The highest BCUT2D eigenvalue weighted by molar-refractivity contribution is 5.78. The molecule has 0 aromatic rings. The molecule has 1 fully saturated rings. The Hall–Kier alpha value is -1.79. The maximum Gasteiger partial charge on any atom is 0.409 e. The van der Waals surface area contributed by atoms with E-state index in [1.807, 2.05) is 18.7 Å². The molecule has 0 aliphatic carbocycles. The average Bonchev–Trinajstić information content (AvgIpc) is 2.60. The molecule has 7 heteroatoms. The van der Waals surface area contributed by atoms with Crippen LogP contribution in [0.25, 0.3) is 0 Å². The fourth-order valence-electron chi connectivity index (χ4n) is 3.28. The van der Waals surface area contributed by atoms with E-state index < -0.39 is 0 Å². The van der Waals surface area contributed by atoms with Crippen LogP contribution < -0.4 is 5.32 Å². The molecule has 0 aromatic heterocycles. The predicted octanol–water partition coefficient (Wildman–Crippen LogP) is 2.01. The SMILES string of the molecule is CCOC(=O)N1CCC(N(CCNC(=O)C(CC)CC)C(C)=O)CC1. The molecule has 1 rings (SSSR count). The number of nitrogens with zero attached hydrogens (tertiary/aromatic N) is 2. The first-order valence-corrected chi connectivity index (χ1v) is 9.41. The van der Waals surface area contributed by atoms with Crippen molar-refractivity contribution in [1.29, 1.82) is 0 Å². The Balaban J connectivity index is 2.46. The van der Waals surface area contributed by atoms with E-state index in [9.17, 15) is 14.4 Å². The van der Waals surface area contributed by atoms with E-state index in [1.165, 1.54) is 0 Å². The summed E-state index contributed by atoms with van der Waals surface area (Å²) in [5, 5.41) is 2.94. The second-order valence-corrected chi connectivity index (χ2v) is 6.43. The van der Waals surface area contributed by atoms with Gasteiger partial charge in [0, 0.05) is 45.1 Å². The van der Waals surface area contributed by atoms with Crippen molar-refractivity contribution >= 4 is 17.9 Å². The second-order valence-electron chi connectivity index (χ2n) is 6.43. The zero-order valence-corrected chi connectivity index (χ0v) is 16.0. The van der Waals surface area contributed by atoms with Crippen LogP contribution in [0.2, 0.25) is 0 Å². The van der Waals surface area contributed by atoms with Gasteiger partial charge >= 0.3 is 6.09 Å². The lowest BCUT2D eigenvalue weighted by Gasteiger charge is -2.37. The Kier molecular flexibility index (Phi) is 9.31.